The lowest BCUT2D eigenvalue weighted by Gasteiger charge is -2.16. The van der Waals surface area contributed by atoms with Gasteiger partial charge in [-0.15, -0.1) is 11.3 Å². The summed E-state index contributed by atoms with van der Waals surface area (Å²) in [5.74, 6) is -0.814. The van der Waals surface area contributed by atoms with Crippen LogP contribution in [0.25, 0.3) is 0 Å². The smallest absolute Gasteiger partial charge is 0.320 e. The van der Waals surface area contributed by atoms with Crippen LogP contribution in [0.2, 0.25) is 0 Å². The second-order valence-electron chi connectivity index (χ2n) is 3.42. The number of aryl methyl sites for hydroxylation is 1. The normalized spacial score (nSPS) is 15.1. The summed E-state index contributed by atoms with van der Waals surface area (Å²) in [7, 11) is 0. The summed E-state index contributed by atoms with van der Waals surface area (Å²) in [5, 5.41) is 13.8. The molecule has 0 aliphatic rings. The molecule has 2 unspecified atom stereocenters. The summed E-state index contributed by atoms with van der Waals surface area (Å²) in [6.45, 7) is 5.68. The highest BCUT2D eigenvalue weighted by Crippen LogP contribution is 2.23. The van der Waals surface area contributed by atoms with Gasteiger partial charge in [-0.2, -0.15) is 0 Å². The molecular weight excluding hydrogens is 198 g/mol. The standard InChI is InChI=1S/C10H15NO2S/c1-6-4-5-14-9(6)7(2)11-8(3)10(12)13/h4-5,7-8,11H,1-3H3,(H,12,13). The summed E-state index contributed by atoms with van der Waals surface area (Å²) in [4.78, 5) is 11.8. The van der Waals surface area contributed by atoms with Crippen LogP contribution in [-0.4, -0.2) is 17.1 Å². The first kappa shape index (κ1) is 11.2. The Labute approximate surface area is 87.8 Å². The van der Waals surface area contributed by atoms with Crippen molar-refractivity contribution in [3.8, 4) is 0 Å². The Morgan fingerprint density at radius 1 is 1.57 bits per heavy atom. The van der Waals surface area contributed by atoms with Gasteiger partial charge >= 0.3 is 5.97 Å². The zero-order chi connectivity index (χ0) is 10.7. The minimum atomic E-state index is -0.814. The second-order valence-corrected chi connectivity index (χ2v) is 4.36. The summed E-state index contributed by atoms with van der Waals surface area (Å²) in [6.07, 6.45) is 0. The number of carboxylic acid groups (broad SMARTS) is 1. The fourth-order valence-corrected chi connectivity index (χ4v) is 2.29. The minimum Gasteiger partial charge on any atom is -0.480 e. The van der Waals surface area contributed by atoms with Crippen LogP contribution in [0.5, 0.6) is 0 Å². The molecule has 0 saturated carbocycles. The maximum atomic E-state index is 10.6. The maximum absolute atomic E-state index is 10.6. The highest BCUT2D eigenvalue weighted by molar-refractivity contribution is 7.10. The molecule has 4 heteroatoms. The molecule has 0 radical (unpaired) electrons. The predicted octanol–water partition coefficient (Wildman–Crippen LogP) is 2.18. The van der Waals surface area contributed by atoms with Gasteiger partial charge in [-0.05, 0) is 37.8 Å². The lowest BCUT2D eigenvalue weighted by atomic mass is 10.1. The quantitative estimate of drug-likeness (QED) is 0.806. The lowest BCUT2D eigenvalue weighted by molar-refractivity contribution is -0.139. The zero-order valence-electron chi connectivity index (χ0n) is 8.57. The van der Waals surface area contributed by atoms with Crippen molar-refractivity contribution in [2.75, 3.05) is 0 Å². The van der Waals surface area contributed by atoms with Gasteiger partial charge in [0.05, 0.1) is 0 Å². The molecule has 1 rings (SSSR count). The fourth-order valence-electron chi connectivity index (χ4n) is 1.35. The van der Waals surface area contributed by atoms with Crippen molar-refractivity contribution in [3.63, 3.8) is 0 Å². The van der Waals surface area contributed by atoms with Gasteiger partial charge in [-0.25, -0.2) is 0 Å². The van der Waals surface area contributed by atoms with Gasteiger partial charge in [-0.3, -0.25) is 10.1 Å². The van der Waals surface area contributed by atoms with E-state index >= 15 is 0 Å². The molecule has 0 aromatic carbocycles. The van der Waals surface area contributed by atoms with E-state index in [4.69, 9.17) is 5.11 Å². The number of hydrogen-bond acceptors (Lipinski definition) is 3. The second kappa shape index (κ2) is 4.57. The molecule has 1 aromatic rings. The zero-order valence-corrected chi connectivity index (χ0v) is 9.39. The third-order valence-electron chi connectivity index (χ3n) is 2.17. The van der Waals surface area contributed by atoms with Gasteiger partial charge in [-0.1, -0.05) is 0 Å². The molecule has 0 aliphatic carbocycles. The maximum Gasteiger partial charge on any atom is 0.320 e. The summed E-state index contributed by atoms with van der Waals surface area (Å²) in [6, 6.07) is 1.64. The Kier molecular flexibility index (Phi) is 3.66. The van der Waals surface area contributed by atoms with Gasteiger partial charge in [0.15, 0.2) is 0 Å². The molecule has 2 N–H and O–H groups in total. The van der Waals surface area contributed by atoms with E-state index in [1.807, 2.05) is 25.3 Å². The summed E-state index contributed by atoms with van der Waals surface area (Å²) in [5.41, 5.74) is 1.22. The van der Waals surface area contributed by atoms with Crippen molar-refractivity contribution in [2.45, 2.75) is 32.9 Å². The van der Waals surface area contributed by atoms with Crippen LogP contribution in [0.15, 0.2) is 11.4 Å². The lowest BCUT2D eigenvalue weighted by Crippen LogP contribution is -2.35. The molecule has 3 nitrogen and oxygen atoms in total. The van der Waals surface area contributed by atoms with E-state index in [1.165, 1.54) is 10.4 Å². The molecule has 0 saturated heterocycles. The van der Waals surface area contributed by atoms with E-state index in [1.54, 1.807) is 18.3 Å². The van der Waals surface area contributed by atoms with Gasteiger partial charge in [0.25, 0.3) is 0 Å². The van der Waals surface area contributed by atoms with E-state index in [2.05, 4.69) is 5.32 Å². The van der Waals surface area contributed by atoms with Crippen LogP contribution in [-0.2, 0) is 4.79 Å². The number of aliphatic carboxylic acids is 1. The molecule has 0 bridgehead atoms. The van der Waals surface area contributed by atoms with E-state index in [0.29, 0.717) is 0 Å². The first-order chi connectivity index (χ1) is 6.52. The molecule has 0 aliphatic heterocycles. The van der Waals surface area contributed by atoms with Crippen molar-refractivity contribution >= 4 is 17.3 Å². The largest absolute Gasteiger partial charge is 0.480 e. The average molecular weight is 213 g/mol. The van der Waals surface area contributed by atoms with Crippen LogP contribution in [0.4, 0.5) is 0 Å². The van der Waals surface area contributed by atoms with Crippen LogP contribution in [0, 0.1) is 6.92 Å². The van der Waals surface area contributed by atoms with Crippen LogP contribution >= 0.6 is 11.3 Å². The molecule has 1 aromatic heterocycles. The number of thiophene rings is 1. The Hall–Kier alpha value is -0.870. The third kappa shape index (κ3) is 2.56. The number of nitrogens with one attached hydrogen (secondary N) is 1. The van der Waals surface area contributed by atoms with Crippen molar-refractivity contribution in [1.82, 2.24) is 5.32 Å². The first-order valence-corrected chi connectivity index (χ1v) is 5.43. The molecule has 0 amide bonds. The number of carboxylic acids is 1. The number of hydrogen-bond donors (Lipinski definition) is 2. The van der Waals surface area contributed by atoms with Gasteiger partial charge in [0.1, 0.15) is 6.04 Å². The first-order valence-electron chi connectivity index (χ1n) is 4.55. The molecule has 14 heavy (non-hydrogen) atoms. The fraction of sp³-hybridized carbons (Fsp3) is 0.500. The number of rotatable bonds is 4. The minimum absolute atomic E-state index is 0.0982. The van der Waals surface area contributed by atoms with Gasteiger partial charge in [0.2, 0.25) is 0 Å². The van der Waals surface area contributed by atoms with Gasteiger partial charge < -0.3 is 5.11 Å². The van der Waals surface area contributed by atoms with E-state index in [-0.39, 0.29) is 6.04 Å². The predicted molar refractivity (Wildman–Crippen MR) is 57.7 cm³/mol. The Morgan fingerprint density at radius 3 is 2.64 bits per heavy atom. The molecule has 2 atom stereocenters. The number of carbonyl (C=O) groups is 1. The molecular formula is C10H15NO2S. The van der Waals surface area contributed by atoms with E-state index in [0.717, 1.165) is 0 Å². The van der Waals surface area contributed by atoms with Gasteiger partial charge in [0, 0.05) is 10.9 Å². The highest BCUT2D eigenvalue weighted by Gasteiger charge is 2.16. The SMILES string of the molecule is Cc1ccsc1C(C)NC(C)C(=O)O. The Morgan fingerprint density at radius 2 is 2.21 bits per heavy atom. The average Bonchev–Trinajstić information content (AvgIpc) is 2.51. The van der Waals surface area contributed by atoms with Crippen molar-refractivity contribution in [2.24, 2.45) is 0 Å². The Bertz CT molecular complexity index is 322. The van der Waals surface area contributed by atoms with Crippen molar-refractivity contribution in [3.05, 3.63) is 21.9 Å². The summed E-state index contributed by atoms with van der Waals surface area (Å²) < 4.78 is 0. The topological polar surface area (TPSA) is 49.3 Å². The Balaban J connectivity index is 2.63. The van der Waals surface area contributed by atoms with Crippen molar-refractivity contribution in [1.29, 1.82) is 0 Å². The molecule has 78 valence electrons. The highest BCUT2D eigenvalue weighted by atomic mass is 32.1. The molecule has 0 spiro atoms. The van der Waals surface area contributed by atoms with Crippen LogP contribution in [0.3, 0.4) is 0 Å². The molecule has 0 fully saturated rings. The van der Waals surface area contributed by atoms with Crippen LogP contribution in [0.1, 0.15) is 30.3 Å². The van der Waals surface area contributed by atoms with E-state index < -0.39 is 12.0 Å². The van der Waals surface area contributed by atoms with Crippen LogP contribution < -0.4 is 5.32 Å². The summed E-state index contributed by atoms with van der Waals surface area (Å²) >= 11 is 1.66. The monoisotopic (exact) mass is 213 g/mol. The van der Waals surface area contributed by atoms with Crippen molar-refractivity contribution < 1.29 is 9.90 Å². The third-order valence-corrected chi connectivity index (χ3v) is 3.37. The van der Waals surface area contributed by atoms with E-state index in [9.17, 15) is 4.79 Å². The molecule has 1 heterocycles.